The minimum atomic E-state index is -0.545. The zero-order chi connectivity index (χ0) is 15.7. The average Bonchev–Trinajstić information content (AvgIpc) is 2.44. The molecule has 21 heavy (non-hydrogen) atoms. The van der Waals surface area contributed by atoms with Gasteiger partial charge in [0.05, 0.1) is 11.3 Å². The van der Waals surface area contributed by atoms with Crippen molar-refractivity contribution in [1.82, 2.24) is 10.6 Å². The second-order valence-corrected chi connectivity index (χ2v) is 5.64. The lowest BCUT2D eigenvalue weighted by atomic mass is 10.1. The minimum Gasteiger partial charge on any atom is -0.354 e. The highest BCUT2D eigenvalue weighted by Gasteiger charge is 2.09. The molecule has 0 aliphatic heterocycles. The van der Waals surface area contributed by atoms with Gasteiger partial charge < -0.3 is 10.6 Å². The molecule has 0 aromatic heterocycles. The summed E-state index contributed by atoms with van der Waals surface area (Å²) < 4.78 is 13.6. The van der Waals surface area contributed by atoms with Crippen LogP contribution in [0.3, 0.4) is 0 Å². The number of carbonyl (C=O) groups is 2. The number of Topliss-reactive ketones (excluding diaryl/α,β-unsaturated/α-hetero) is 1. The van der Waals surface area contributed by atoms with Crippen LogP contribution in [0.15, 0.2) is 23.1 Å². The molecular formula is C15H21FN2O2S. The van der Waals surface area contributed by atoms with Crippen LogP contribution < -0.4 is 10.6 Å². The molecule has 1 rings (SSSR count). The van der Waals surface area contributed by atoms with Crippen LogP contribution in [0.1, 0.15) is 30.6 Å². The maximum absolute atomic E-state index is 13.6. The molecule has 0 bridgehead atoms. The standard InChI is InChI=1S/C15H21FN2O2S/c1-3-6-17-7-8-18-15(20)10-21-12-4-5-13(11(2)19)14(16)9-12/h4-5,9,17H,3,6-8,10H2,1-2H3,(H,18,20). The van der Waals surface area contributed by atoms with Crippen molar-refractivity contribution in [2.45, 2.75) is 25.2 Å². The Morgan fingerprint density at radius 1 is 1.24 bits per heavy atom. The van der Waals surface area contributed by atoms with Gasteiger partial charge in [0, 0.05) is 18.0 Å². The topological polar surface area (TPSA) is 58.2 Å². The molecule has 0 radical (unpaired) electrons. The highest BCUT2D eigenvalue weighted by Crippen LogP contribution is 2.21. The molecule has 0 aliphatic rings. The SMILES string of the molecule is CCCNCCNC(=O)CSc1ccc(C(C)=O)c(F)c1. The Hall–Kier alpha value is -1.40. The van der Waals surface area contributed by atoms with E-state index in [0.29, 0.717) is 11.4 Å². The molecule has 0 unspecified atom stereocenters. The van der Waals surface area contributed by atoms with Crippen molar-refractivity contribution in [2.24, 2.45) is 0 Å². The lowest BCUT2D eigenvalue weighted by molar-refractivity contribution is -0.118. The van der Waals surface area contributed by atoms with Crippen LogP contribution in [0.5, 0.6) is 0 Å². The first-order chi connectivity index (χ1) is 10.0. The van der Waals surface area contributed by atoms with Crippen molar-refractivity contribution in [3.8, 4) is 0 Å². The van der Waals surface area contributed by atoms with E-state index in [2.05, 4.69) is 17.6 Å². The van der Waals surface area contributed by atoms with Crippen molar-refractivity contribution < 1.29 is 14.0 Å². The normalized spacial score (nSPS) is 10.4. The van der Waals surface area contributed by atoms with E-state index in [1.165, 1.54) is 30.8 Å². The van der Waals surface area contributed by atoms with Gasteiger partial charge in [0.25, 0.3) is 0 Å². The summed E-state index contributed by atoms with van der Waals surface area (Å²) in [7, 11) is 0. The number of halogens is 1. The van der Waals surface area contributed by atoms with Crippen molar-refractivity contribution in [3.63, 3.8) is 0 Å². The second-order valence-electron chi connectivity index (χ2n) is 4.59. The summed E-state index contributed by atoms with van der Waals surface area (Å²) in [5, 5.41) is 5.97. The van der Waals surface area contributed by atoms with Gasteiger partial charge in [0.15, 0.2) is 5.78 Å². The van der Waals surface area contributed by atoms with E-state index in [4.69, 9.17) is 0 Å². The third kappa shape index (κ3) is 6.73. The molecule has 0 heterocycles. The third-order valence-electron chi connectivity index (χ3n) is 2.74. The number of ketones is 1. The number of benzene rings is 1. The van der Waals surface area contributed by atoms with Gasteiger partial charge >= 0.3 is 0 Å². The molecular weight excluding hydrogens is 291 g/mol. The number of hydrogen-bond donors (Lipinski definition) is 2. The molecule has 1 aromatic rings. The summed E-state index contributed by atoms with van der Waals surface area (Å²) in [5.74, 6) is -0.709. The van der Waals surface area contributed by atoms with E-state index in [-0.39, 0.29) is 23.0 Å². The molecule has 1 aromatic carbocycles. The minimum absolute atomic E-state index is 0.0748. The molecule has 0 saturated heterocycles. The van der Waals surface area contributed by atoms with Gasteiger partial charge in [0.1, 0.15) is 5.82 Å². The molecule has 2 N–H and O–H groups in total. The Balaban J connectivity index is 2.33. The summed E-state index contributed by atoms with van der Waals surface area (Å²) in [6.07, 6.45) is 1.06. The molecule has 0 spiro atoms. The monoisotopic (exact) mass is 312 g/mol. The molecule has 0 saturated carbocycles. The van der Waals surface area contributed by atoms with Crippen LogP contribution in [0, 0.1) is 5.82 Å². The van der Waals surface area contributed by atoms with Crippen LogP contribution in [0.2, 0.25) is 0 Å². The van der Waals surface area contributed by atoms with Gasteiger partial charge in [0.2, 0.25) is 5.91 Å². The highest BCUT2D eigenvalue weighted by molar-refractivity contribution is 8.00. The lowest BCUT2D eigenvalue weighted by Gasteiger charge is -2.07. The van der Waals surface area contributed by atoms with Gasteiger partial charge in [-0.3, -0.25) is 9.59 Å². The van der Waals surface area contributed by atoms with Gasteiger partial charge in [-0.25, -0.2) is 4.39 Å². The summed E-state index contributed by atoms with van der Waals surface area (Å²) in [5.41, 5.74) is 0.0748. The fraction of sp³-hybridized carbons (Fsp3) is 0.467. The highest BCUT2D eigenvalue weighted by atomic mass is 32.2. The van der Waals surface area contributed by atoms with Gasteiger partial charge in [-0.15, -0.1) is 11.8 Å². The number of nitrogens with one attached hydrogen (secondary N) is 2. The lowest BCUT2D eigenvalue weighted by Crippen LogP contribution is -2.33. The predicted molar refractivity (Wildman–Crippen MR) is 83.3 cm³/mol. The fourth-order valence-electron chi connectivity index (χ4n) is 1.66. The Labute approximate surface area is 128 Å². The van der Waals surface area contributed by atoms with E-state index < -0.39 is 5.82 Å². The zero-order valence-corrected chi connectivity index (χ0v) is 13.2. The van der Waals surface area contributed by atoms with E-state index in [9.17, 15) is 14.0 Å². The maximum atomic E-state index is 13.6. The van der Waals surface area contributed by atoms with E-state index in [1.54, 1.807) is 6.07 Å². The Bertz CT molecular complexity index is 495. The molecule has 1 amide bonds. The average molecular weight is 312 g/mol. The largest absolute Gasteiger partial charge is 0.354 e. The summed E-state index contributed by atoms with van der Waals surface area (Å²) in [6.45, 7) is 5.67. The van der Waals surface area contributed by atoms with Gasteiger partial charge in [-0.05, 0) is 38.1 Å². The van der Waals surface area contributed by atoms with Crippen LogP contribution in [-0.2, 0) is 4.79 Å². The summed E-state index contributed by atoms with van der Waals surface area (Å²) >= 11 is 1.25. The van der Waals surface area contributed by atoms with Crippen LogP contribution in [0.25, 0.3) is 0 Å². The Morgan fingerprint density at radius 2 is 2.00 bits per heavy atom. The van der Waals surface area contributed by atoms with E-state index in [1.807, 2.05) is 0 Å². The van der Waals surface area contributed by atoms with E-state index >= 15 is 0 Å². The first-order valence-corrected chi connectivity index (χ1v) is 7.93. The molecule has 0 atom stereocenters. The van der Waals surface area contributed by atoms with Gasteiger partial charge in [-0.2, -0.15) is 0 Å². The number of hydrogen-bond acceptors (Lipinski definition) is 4. The van der Waals surface area contributed by atoms with Crippen molar-refractivity contribution >= 4 is 23.5 Å². The molecule has 0 fully saturated rings. The molecule has 4 nitrogen and oxygen atoms in total. The first kappa shape index (κ1) is 17.7. The van der Waals surface area contributed by atoms with E-state index in [0.717, 1.165) is 19.5 Å². The van der Waals surface area contributed by atoms with Crippen molar-refractivity contribution in [3.05, 3.63) is 29.6 Å². The number of thioether (sulfide) groups is 1. The quantitative estimate of drug-likeness (QED) is 0.417. The second kappa shape index (κ2) is 9.52. The van der Waals surface area contributed by atoms with Crippen LogP contribution in [-0.4, -0.2) is 37.1 Å². The van der Waals surface area contributed by atoms with Crippen LogP contribution >= 0.6 is 11.8 Å². The summed E-state index contributed by atoms with van der Waals surface area (Å²) in [4.78, 5) is 23.4. The predicted octanol–water partition coefficient (Wildman–Crippen LogP) is 2.24. The fourth-order valence-corrected chi connectivity index (χ4v) is 2.41. The Morgan fingerprint density at radius 3 is 2.62 bits per heavy atom. The molecule has 116 valence electrons. The maximum Gasteiger partial charge on any atom is 0.230 e. The third-order valence-corrected chi connectivity index (χ3v) is 3.73. The zero-order valence-electron chi connectivity index (χ0n) is 12.4. The van der Waals surface area contributed by atoms with Crippen LogP contribution in [0.4, 0.5) is 4.39 Å². The Kier molecular flexibility index (Phi) is 8.00. The number of carbonyl (C=O) groups excluding carboxylic acids is 2. The molecule has 0 aliphatic carbocycles. The number of amides is 1. The summed E-state index contributed by atoms with van der Waals surface area (Å²) in [6, 6.07) is 4.39. The smallest absolute Gasteiger partial charge is 0.230 e. The van der Waals surface area contributed by atoms with Gasteiger partial charge in [-0.1, -0.05) is 6.92 Å². The van der Waals surface area contributed by atoms with Crippen molar-refractivity contribution in [2.75, 3.05) is 25.4 Å². The number of rotatable bonds is 9. The first-order valence-electron chi connectivity index (χ1n) is 6.95. The van der Waals surface area contributed by atoms with Crippen molar-refractivity contribution in [1.29, 1.82) is 0 Å². The molecule has 6 heteroatoms.